The van der Waals surface area contributed by atoms with E-state index in [4.69, 9.17) is 33.3 Å². The van der Waals surface area contributed by atoms with Crippen molar-refractivity contribution in [1.29, 1.82) is 0 Å². The molecule has 0 spiro atoms. The number of oxime groups is 1. The van der Waals surface area contributed by atoms with Gasteiger partial charge in [0.25, 0.3) is 0 Å². The van der Waals surface area contributed by atoms with Crippen LogP contribution in [0.15, 0.2) is 65.1 Å². The van der Waals surface area contributed by atoms with Gasteiger partial charge in [-0.25, -0.2) is 9.59 Å². The van der Waals surface area contributed by atoms with Gasteiger partial charge in [-0.2, -0.15) is 0 Å². The first-order valence-electron chi connectivity index (χ1n) is 24.0. The Hall–Kier alpha value is -5.58. The quantitative estimate of drug-likeness (QED) is 0.0907. The zero-order valence-corrected chi connectivity index (χ0v) is 42.4. The van der Waals surface area contributed by atoms with Gasteiger partial charge in [0.1, 0.15) is 36.2 Å². The van der Waals surface area contributed by atoms with Gasteiger partial charge in [0.2, 0.25) is 0 Å². The Kier molecular flexibility index (Phi) is 16.6. The SMILES string of the molecule is CC[C@H]1OC(=O)[C@H](C)C(=O)[C@H](C)[C@@H](O[C@@H]2O[C@H](C)C[C@H](N(C)C)[C@H]2OC(=O)c2ccccc2)[C@](C)(OCC#CC[C@H]2CC(c3ccc(-c4csnn4)cc3)=NO2)C[C@@H](C)C(=O)[C@H](C)[C@H]2NC(=O)O[C@@]21C. The Labute approximate surface area is 413 Å². The van der Waals surface area contributed by atoms with E-state index in [2.05, 4.69) is 31.9 Å². The van der Waals surface area contributed by atoms with Crippen LogP contribution in [0.4, 0.5) is 4.79 Å². The first-order chi connectivity index (χ1) is 33.3. The molecule has 0 unspecified atom stereocenters. The van der Waals surface area contributed by atoms with E-state index >= 15 is 0 Å². The third-order valence-electron chi connectivity index (χ3n) is 14.2. The summed E-state index contributed by atoms with van der Waals surface area (Å²) in [5.74, 6) is 0.0978. The monoisotopic (exact) mass is 983 g/mol. The Morgan fingerprint density at radius 2 is 1.66 bits per heavy atom. The molecule has 0 radical (unpaired) electrons. The van der Waals surface area contributed by atoms with Crippen LogP contribution >= 0.6 is 11.5 Å². The number of hydrogen-bond donors (Lipinski definition) is 1. The van der Waals surface area contributed by atoms with Crippen LogP contribution in [-0.4, -0.2) is 131 Å². The summed E-state index contributed by atoms with van der Waals surface area (Å²) in [6, 6.07) is 15.2. The highest BCUT2D eigenvalue weighted by atomic mass is 32.1. The highest BCUT2D eigenvalue weighted by molar-refractivity contribution is 7.03. The predicted octanol–water partition coefficient (Wildman–Crippen LogP) is 6.82. The number of carbonyl (C=O) groups excluding carboxylic acids is 5. The number of likely N-dealkylation sites (N-methyl/N-ethyl adjacent to an activating group) is 1. The average molecular weight is 984 g/mol. The van der Waals surface area contributed by atoms with E-state index in [1.54, 1.807) is 71.9 Å². The smallest absolute Gasteiger partial charge is 0.408 e. The summed E-state index contributed by atoms with van der Waals surface area (Å²) >= 11 is 1.29. The van der Waals surface area contributed by atoms with E-state index in [0.717, 1.165) is 22.5 Å². The largest absolute Gasteiger partial charge is 0.458 e. The maximum Gasteiger partial charge on any atom is 0.408 e. The number of fused-ring (bicyclic) bond motifs is 1. The molecule has 1 N–H and O–H groups in total. The normalized spacial score (nSPS) is 33.9. The number of rotatable bonds is 11. The van der Waals surface area contributed by atoms with Crippen molar-refractivity contribution in [2.75, 3.05) is 20.7 Å². The van der Waals surface area contributed by atoms with Crippen molar-refractivity contribution in [2.45, 2.75) is 148 Å². The number of alkyl carbamates (subject to hydrolysis) is 1. The molecule has 14 atom stereocenters. The summed E-state index contributed by atoms with van der Waals surface area (Å²) in [6.45, 7) is 13.5. The van der Waals surface area contributed by atoms with Crippen LogP contribution < -0.4 is 5.32 Å². The summed E-state index contributed by atoms with van der Waals surface area (Å²) < 4.78 is 42.4. The van der Waals surface area contributed by atoms with E-state index in [0.29, 0.717) is 24.8 Å². The highest BCUT2D eigenvalue weighted by Crippen LogP contribution is 2.41. The molecule has 7 rings (SSSR count). The first-order valence-corrected chi connectivity index (χ1v) is 24.9. The van der Waals surface area contributed by atoms with Crippen molar-refractivity contribution in [3.8, 4) is 23.1 Å². The van der Waals surface area contributed by atoms with Gasteiger partial charge in [-0.15, -0.1) is 5.10 Å². The van der Waals surface area contributed by atoms with E-state index in [1.165, 1.54) is 18.5 Å². The topological polar surface area (TPSA) is 203 Å². The number of cyclic esters (lactones) is 1. The molecule has 70 heavy (non-hydrogen) atoms. The standard InChI is InChI=1S/C52H65N5O12S/c1-11-41-52(8)45(53-50(62)68-52)31(4)42(58)29(2)27-51(7,63-24-16-15-19-37-26-38(55-69-37)34-20-22-35(23-21-34)39-28-70-56-54-39)46(32(5)43(59)33(6)47(60)65-41)67-49-44(40(57(9)10)25-30(3)64-49)66-48(61)36-17-13-12-14-18-36/h12-14,17-18,20-23,28-33,37,40-41,44-46,49H,11,19,24-27H2,1-10H3,(H,53,62)/t29-,30-,31+,32+,33-,37+,40+,41-,44-,45-,46-,49+,51-,52-/m1/s1. The van der Waals surface area contributed by atoms with E-state index in [9.17, 15) is 24.0 Å². The second kappa shape index (κ2) is 22.2. The third kappa shape index (κ3) is 11.4. The maximum atomic E-state index is 14.8. The van der Waals surface area contributed by atoms with Crippen LogP contribution in [0.3, 0.4) is 0 Å². The van der Waals surface area contributed by atoms with Crippen molar-refractivity contribution in [3.05, 3.63) is 71.1 Å². The average Bonchev–Trinajstić information content (AvgIpc) is 4.13. The number of esters is 2. The lowest BCUT2D eigenvalue weighted by Crippen LogP contribution is -2.61. The van der Waals surface area contributed by atoms with E-state index < -0.39 is 89.3 Å². The molecule has 3 saturated heterocycles. The van der Waals surface area contributed by atoms with Gasteiger partial charge < -0.3 is 43.5 Å². The van der Waals surface area contributed by atoms with Crippen molar-refractivity contribution < 1.29 is 57.2 Å². The lowest BCUT2D eigenvalue weighted by molar-refractivity contribution is -0.295. The van der Waals surface area contributed by atoms with E-state index in [1.807, 2.05) is 55.6 Å². The zero-order valence-electron chi connectivity index (χ0n) is 41.5. The van der Waals surface area contributed by atoms with Crippen molar-refractivity contribution in [3.63, 3.8) is 0 Å². The third-order valence-corrected chi connectivity index (χ3v) is 14.7. The molecule has 4 aliphatic heterocycles. The number of Topliss-reactive ketones (excluding diaryl/α,β-unsaturated/α-hetero) is 2. The number of aromatic nitrogens is 2. The number of ether oxygens (including phenoxy) is 6. The van der Waals surface area contributed by atoms with Crippen molar-refractivity contribution >= 4 is 46.8 Å². The fourth-order valence-corrected chi connectivity index (χ4v) is 10.7. The van der Waals surface area contributed by atoms with Crippen LogP contribution in [0.2, 0.25) is 0 Å². The Balaban J connectivity index is 1.20. The van der Waals surface area contributed by atoms with Gasteiger partial charge in [0, 0.05) is 41.5 Å². The minimum Gasteiger partial charge on any atom is -0.458 e. The molecule has 17 nitrogen and oxygen atoms in total. The van der Waals surface area contributed by atoms with Crippen LogP contribution in [0.1, 0.15) is 103 Å². The molecule has 1 amide bonds. The molecule has 3 aromatic rings. The van der Waals surface area contributed by atoms with Crippen molar-refractivity contribution in [1.82, 2.24) is 19.8 Å². The van der Waals surface area contributed by atoms with Crippen LogP contribution in [0.5, 0.6) is 0 Å². The fourth-order valence-electron chi connectivity index (χ4n) is 10.3. The number of hydrogen-bond acceptors (Lipinski definition) is 17. The minimum atomic E-state index is -1.50. The Bertz CT molecular complexity index is 2440. The molecule has 3 fully saturated rings. The van der Waals surface area contributed by atoms with Gasteiger partial charge in [-0.05, 0) is 90.3 Å². The number of nitrogens with one attached hydrogen (secondary N) is 1. The van der Waals surface area contributed by atoms with Gasteiger partial charge in [0.05, 0.1) is 41.2 Å². The minimum absolute atomic E-state index is 0.00295. The Morgan fingerprint density at radius 3 is 2.33 bits per heavy atom. The fraction of sp³-hybridized carbons (Fsp3) is 0.577. The summed E-state index contributed by atoms with van der Waals surface area (Å²) in [4.78, 5) is 78.0. The molecule has 4 aliphatic rings. The zero-order chi connectivity index (χ0) is 50.5. The molecule has 1 aromatic heterocycles. The molecule has 18 heteroatoms. The molecule has 0 saturated carbocycles. The van der Waals surface area contributed by atoms with Gasteiger partial charge in [0.15, 0.2) is 23.8 Å². The van der Waals surface area contributed by atoms with Gasteiger partial charge >= 0.3 is 18.0 Å². The lowest BCUT2D eigenvalue weighted by atomic mass is 9.73. The second-order valence-corrected chi connectivity index (χ2v) is 20.2. The van der Waals surface area contributed by atoms with Crippen molar-refractivity contribution in [2.24, 2.45) is 28.8 Å². The molecule has 5 heterocycles. The number of carbonyl (C=O) groups is 5. The van der Waals surface area contributed by atoms with Crippen LogP contribution in [0, 0.1) is 35.5 Å². The molecular formula is C52H65N5O12S. The molecule has 0 bridgehead atoms. The summed E-state index contributed by atoms with van der Waals surface area (Å²) in [5.41, 5.74) is 0.869. The number of benzene rings is 2. The van der Waals surface area contributed by atoms with Gasteiger partial charge in [-0.1, -0.05) is 91.6 Å². The number of ketones is 2. The lowest BCUT2D eigenvalue weighted by Gasteiger charge is -2.48. The molecular weight excluding hydrogens is 919 g/mol. The number of amides is 1. The molecule has 0 aliphatic carbocycles. The summed E-state index contributed by atoms with van der Waals surface area (Å²) in [5, 5.41) is 13.2. The van der Waals surface area contributed by atoms with Gasteiger partial charge in [-0.3, -0.25) is 14.4 Å². The van der Waals surface area contributed by atoms with Crippen LogP contribution in [-0.2, 0) is 47.6 Å². The first kappa shape index (κ1) is 52.2. The molecule has 376 valence electrons. The highest BCUT2D eigenvalue weighted by Gasteiger charge is 2.57. The van der Waals surface area contributed by atoms with E-state index in [-0.39, 0.29) is 43.5 Å². The summed E-state index contributed by atoms with van der Waals surface area (Å²) in [6.07, 6.45) is -4.31. The number of nitrogens with zero attached hydrogens (tertiary/aromatic N) is 4. The van der Waals surface area contributed by atoms with Crippen LogP contribution in [0.25, 0.3) is 11.3 Å². The maximum absolute atomic E-state index is 14.8. The Morgan fingerprint density at radius 1 is 0.943 bits per heavy atom. The second-order valence-electron chi connectivity index (χ2n) is 19.6. The predicted molar refractivity (Wildman–Crippen MR) is 258 cm³/mol. The summed E-state index contributed by atoms with van der Waals surface area (Å²) in [7, 11) is 3.75. The molecule has 2 aromatic carbocycles.